The molecule has 0 atom stereocenters. The van der Waals surface area contributed by atoms with Gasteiger partial charge >= 0.3 is 6.09 Å². The Balaban J connectivity index is 0.000000817. The Hall–Kier alpha value is -2.68. The van der Waals surface area contributed by atoms with Gasteiger partial charge in [0.2, 0.25) is 0 Å². The first-order chi connectivity index (χ1) is 12.7. The summed E-state index contributed by atoms with van der Waals surface area (Å²) in [7, 11) is 0. The Morgan fingerprint density at radius 1 is 1.33 bits per heavy atom. The Morgan fingerprint density at radius 3 is 2.63 bits per heavy atom. The monoisotopic (exact) mass is 391 g/mol. The number of carbonyl (C=O) groups excluding carboxylic acids is 1. The van der Waals surface area contributed by atoms with Crippen LogP contribution in [0.3, 0.4) is 0 Å². The van der Waals surface area contributed by atoms with Gasteiger partial charge in [-0.2, -0.15) is 5.10 Å². The molecule has 8 nitrogen and oxygen atoms in total. The topological polar surface area (TPSA) is 113 Å². The highest BCUT2D eigenvalue weighted by molar-refractivity contribution is 7.22. The minimum atomic E-state index is -0.582. The number of hydrogen-bond acceptors (Lipinski definition) is 6. The lowest BCUT2D eigenvalue weighted by atomic mass is 10.2. The third kappa shape index (κ3) is 5.92. The molecule has 3 heterocycles. The lowest BCUT2D eigenvalue weighted by Crippen LogP contribution is -2.33. The number of hydrogen-bond donors (Lipinski definition) is 3. The standard InChI is InChI=1S/C15H17N5O3S.C3H8/c1-15(2,3)23-14(22)16-7-11-18-9-6-10(8-4-5-17-20-8)24-12(9)13(21)19-11;1-3-2/h4-6H,7H2,1-3H3,(H,16,22)(H,17,20)(H,18,19,21);3H2,1-2H3. The predicted octanol–water partition coefficient (Wildman–Crippen LogP) is 3.82. The van der Waals surface area contributed by atoms with E-state index in [0.717, 1.165) is 10.6 Å². The maximum Gasteiger partial charge on any atom is 0.408 e. The molecule has 0 aliphatic rings. The van der Waals surface area contributed by atoms with Crippen molar-refractivity contribution in [1.29, 1.82) is 0 Å². The predicted molar refractivity (Wildman–Crippen MR) is 107 cm³/mol. The first-order valence-electron chi connectivity index (χ1n) is 8.72. The molecule has 0 fully saturated rings. The Kier molecular flexibility index (Phi) is 6.73. The number of H-pyrrole nitrogens is 2. The molecule has 0 saturated carbocycles. The van der Waals surface area contributed by atoms with Crippen molar-refractivity contribution in [2.45, 2.75) is 53.2 Å². The summed E-state index contributed by atoms with van der Waals surface area (Å²) in [4.78, 5) is 31.8. The number of thiophene rings is 1. The number of aromatic nitrogens is 4. The Labute approximate surface area is 161 Å². The number of carbonyl (C=O) groups is 1. The van der Waals surface area contributed by atoms with Crippen LogP contribution in [0.1, 0.15) is 46.9 Å². The van der Waals surface area contributed by atoms with E-state index in [-0.39, 0.29) is 12.1 Å². The number of alkyl carbamates (subject to hydrolysis) is 1. The number of aromatic amines is 2. The first kappa shape index (κ1) is 20.6. The van der Waals surface area contributed by atoms with E-state index in [1.807, 2.05) is 12.1 Å². The maximum atomic E-state index is 12.2. The zero-order chi connectivity index (χ0) is 20.0. The van der Waals surface area contributed by atoms with E-state index in [9.17, 15) is 9.59 Å². The molecule has 0 aliphatic carbocycles. The molecule has 146 valence electrons. The van der Waals surface area contributed by atoms with E-state index in [1.54, 1.807) is 27.0 Å². The molecule has 27 heavy (non-hydrogen) atoms. The second kappa shape index (κ2) is 8.81. The van der Waals surface area contributed by atoms with Crippen LogP contribution in [0.25, 0.3) is 20.8 Å². The van der Waals surface area contributed by atoms with Crippen molar-refractivity contribution < 1.29 is 9.53 Å². The van der Waals surface area contributed by atoms with E-state index in [2.05, 4.69) is 39.3 Å². The number of nitrogens with one attached hydrogen (secondary N) is 3. The molecular weight excluding hydrogens is 366 g/mol. The number of nitrogens with zero attached hydrogens (tertiary/aromatic N) is 2. The van der Waals surface area contributed by atoms with Crippen molar-refractivity contribution in [3.05, 3.63) is 34.5 Å². The van der Waals surface area contributed by atoms with Crippen molar-refractivity contribution in [3.63, 3.8) is 0 Å². The average molecular weight is 391 g/mol. The number of rotatable bonds is 3. The molecule has 3 N–H and O–H groups in total. The smallest absolute Gasteiger partial charge is 0.408 e. The summed E-state index contributed by atoms with van der Waals surface area (Å²) in [6.45, 7) is 9.67. The molecule has 1 amide bonds. The zero-order valence-electron chi connectivity index (χ0n) is 16.2. The van der Waals surface area contributed by atoms with Gasteiger partial charge in [0.15, 0.2) is 0 Å². The molecule has 9 heteroatoms. The SMILES string of the molecule is CC(C)(C)OC(=O)NCc1nc2cc(-c3ccn[nH]3)sc2c(=O)[nH]1.CCC. The maximum absolute atomic E-state index is 12.2. The lowest BCUT2D eigenvalue weighted by molar-refractivity contribution is 0.0522. The van der Waals surface area contributed by atoms with Crippen molar-refractivity contribution in [3.8, 4) is 10.6 Å². The third-order valence-electron chi connectivity index (χ3n) is 3.00. The summed E-state index contributed by atoms with van der Waals surface area (Å²) in [6.07, 6.45) is 2.34. The van der Waals surface area contributed by atoms with E-state index in [0.29, 0.717) is 16.0 Å². The second-order valence-electron chi connectivity index (χ2n) is 6.87. The van der Waals surface area contributed by atoms with Crippen LogP contribution in [-0.4, -0.2) is 31.9 Å². The molecule has 3 aromatic rings. The summed E-state index contributed by atoms with van der Waals surface area (Å²) in [5, 5.41) is 9.33. The number of fused-ring (bicyclic) bond motifs is 1. The fourth-order valence-corrected chi connectivity index (χ4v) is 3.03. The van der Waals surface area contributed by atoms with Gasteiger partial charge in [-0.15, -0.1) is 11.3 Å². The molecule has 3 rings (SSSR count). The van der Waals surface area contributed by atoms with Gasteiger partial charge in [-0.25, -0.2) is 9.78 Å². The van der Waals surface area contributed by atoms with Crippen molar-refractivity contribution in [2.75, 3.05) is 0 Å². The van der Waals surface area contributed by atoms with Crippen molar-refractivity contribution >= 4 is 27.6 Å². The Morgan fingerprint density at radius 2 is 2.04 bits per heavy atom. The van der Waals surface area contributed by atoms with Crippen LogP contribution < -0.4 is 10.9 Å². The van der Waals surface area contributed by atoms with E-state index < -0.39 is 11.7 Å². The fraction of sp³-hybridized carbons (Fsp3) is 0.444. The summed E-state index contributed by atoms with van der Waals surface area (Å²) in [6, 6.07) is 3.64. The number of amides is 1. The van der Waals surface area contributed by atoms with E-state index >= 15 is 0 Å². The lowest BCUT2D eigenvalue weighted by Gasteiger charge is -2.19. The summed E-state index contributed by atoms with van der Waals surface area (Å²) in [5.74, 6) is 0.368. The molecule has 3 aromatic heterocycles. The summed E-state index contributed by atoms with van der Waals surface area (Å²) >= 11 is 1.33. The number of ether oxygens (including phenoxy) is 1. The third-order valence-corrected chi connectivity index (χ3v) is 4.15. The molecule has 0 saturated heterocycles. The van der Waals surface area contributed by atoms with Gasteiger partial charge in [0.05, 0.1) is 22.6 Å². The van der Waals surface area contributed by atoms with Crippen LogP contribution in [0, 0.1) is 0 Å². The molecule has 0 radical (unpaired) electrons. The molecule has 0 aliphatic heterocycles. The minimum absolute atomic E-state index is 0.0787. The van der Waals surface area contributed by atoms with Gasteiger partial charge in [0.1, 0.15) is 16.1 Å². The highest BCUT2D eigenvalue weighted by atomic mass is 32.1. The Bertz CT molecular complexity index is 938. The average Bonchev–Trinajstić information content (AvgIpc) is 3.21. The fourth-order valence-electron chi connectivity index (χ4n) is 2.07. The summed E-state index contributed by atoms with van der Waals surface area (Å²) < 4.78 is 5.68. The first-order valence-corrected chi connectivity index (χ1v) is 9.54. The van der Waals surface area contributed by atoms with Crippen LogP contribution in [0.2, 0.25) is 0 Å². The van der Waals surface area contributed by atoms with Crippen LogP contribution >= 0.6 is 11.3 Å². The van der Waals surface area contributed by atoms with Crippen LogP contribution in [0.15, 0.2) is 23.1 Å². The van der Waals surface area contributed by atoms with Crippen LogP contribution in [0.5, 0.6) is 0 Å². The van der Waals surface area contributed by atoms with Crippen molar-refractivity contribution in [2.24, 2.45) is 0 Å². The highest BCUT2D eigenvalue weighted by Crippen LogP contribution is 2.29. The highest BCUT2D eigenvalue weighted by Gasteiger charge is 2.16. The molecular formula is C18H25N5O3S. The van der Waals surface area contributed by atoms with Gasteiger partial charge in [0, 0.05) is 6.20 Å². The van der Waals surface area contributed by atoms with Gasteiger partial charge in [-0.1, -0.05) is 20.3 Å². The largest absolute Gasteiger partial charge is 0.444 e. The van der Waals surface area contributed by atoms with E-state index in [1.165, 1.54) is 17.8 Å². The van der Waals surface area contributed by atoms with E-state index in [4.69, 9.17) is 4.74 Å². The van der Waals surface area contributed by atoms with Gasteiger partial charge in [-0.05, 0) is 32.9 Å². The van der Waals surface area contributed by atoms with Crippen LogP contribution in [-0.2, 0) is 11.3 Å². The molecule has 0 aromatic carbocycles. The quantitative estimate of drug-likeness (QED) is 0.628. The zero-order valence-corrected chi connectivity index (χ0v) is 17.0. The van der Waals surface area contributed by atoms with Gasteiger partial charge < -0.3 is 15.0 Å². The normalized spacial score (nSPS) is 11.0. The van der Waals surface area contributed by atoms with Gasteiger partial charge in [0.25, 0.3) is 5.56 Å². The summed E-state index contributed by atoms with van der Waals surface area (Å²) in [5.41, 5.74) is 0.582. The van der Waals surface area contributed by atoms with Crippen molar-refractivity contribution in [1.82, 2.24) is 25.5 Å². The molecule has 0 spiro atoms. The van der Waals surface area contributed by atoms with Crippen LogP contribution in [0.4, 0.5) is 4.79 Å². The molecule has 0 bridgehead atoms. The second-order valence-corrected chi connectivity index (χ2v) is 7.92. The van der Waals surface area contributed by atoms with Gasteiger partial charge in [-0.3, -0.25) is 9.89 Å². The molecule has 0 unspecified atom stereocenters. The minimum Gasteiger partial charge on any atom is -0.444 e.